The number of ether oxygens (including phenoxy) is 2. The van der Waals surface area contributed by atoms with Crippen molar-refractivity contribution in [2.75, 3.05) is 0 Å². The number of aliphatic imine (C=N–C) groups is 1. The number of rotatable bonds is 3. The maximum atomic E-state index is 10.1. The highest BCUT2D eigenvalue weighted by molar-refractivity contribution is 5.95. The Balaban J connectivity index is 1.38. The lowest BCUT2D eigenvalue weighted by atomic mass is 9.84. The average Bonchev–Trinajstić information content (AvgIpc) is 3.04. The zero-order valence-electron chi connectivity index (χ0n) is 17.3. The van der Waals surface area contributed by atoms with Crippen LogP contribution in [0.2, 0.25) is 0 Å². The lowest BCUT2D eigenvalue weighted by molar-refractivity contribution is 0.138. The molecule has 2 aliphatic rings. The molecule has 5 nitrogen and oxygen atoms in total. The van der Waals surface area contributed by atoms with Crippen LogP contribution in [0, 0.1) is 5.41 Å². The van der Waals surface area contributed by atoms with Gasteiger partial charge < -0.3 is 14.6 Å². The van der Waals surface area contributed by atoms with E-state index in [0.717, 1.165) is 23.8 Å². The Morgan fingerprint density at radius 3 is 2.87 bits per heavy atom. The third-order valence-electron chi connectivity index (χ3n) is 6.06. The molecule has 2 heterocycles. The van der Waals surface area contributed by atoms with E-state index < -0.39 is 0 Å². The minimum Gasteiger partial charge on any atom is -0.506 e. The van der Waals surface area contributed by atoms with E-state index in [0.29, 0.717) is 28.5 Å². The molecule has 0 radical (unpaired) electrons. The molecule has 1 fully saturated rings. The van der Waals surface area contributed by atoms with Gasteiger partial charge in [-0.15, -0.1) is 0 Å². The van der Waals surface area contributed by atoms with E-state index >= 15 is 0 Å². The summed E-state index contributed by atoms with van der Waals surface area (Å²) in [6, 6.07) is 17.0. The fraction of sp³-hybridized carbons (Fsp3) is 0.360. The van der Waals surface area contributed by atoms with Crippen molar-refractivity contribution in [3.8, 4) is 17.4 Å². The van der Waals surface area contributed by atoms with Crippen molar-refractivity contribution in [3.63, 3.8) is 0 Å². The first kappa shape index (κ1) is 18.9. The number of hydrogen-bond acceptors (Lipinski definition) is 5. The van der Waals surface area contributed by atoms with Crippen molar-refractivity contribution in [2.24, 2.45) is 10.4 Å². The van der Waals surface area contributed by atoms with E-state index in [4.69, 9.17) is 14.5 Å². The summed E-state index contributed by atoms with van der Waals surface area (Å²) in [6.45, 7) is 4.64. The van der Waals surface area contributed by atoms with E-state index in [-0.39, 0.29) is 17.9 Å². The Bertz CT molecular complexity index is 1120. The number of benzene rings is 2. The monoisotopic (exact) mass is 402 g/mol. The van der Waals surface area contributed by atoms with Gasteiger partial charge in [0.15, 0.2) is 0 Å². The van der Waals surface area contributed by atoms with Gasteiger partial charge in [0.1, 0.15) is 23.1 Å². The van der Waals surface area contributed by atoms with E-state index in [9.17, 15) is 5.11 Å². The maximum absolute atomic E-state index is 10.1. The molecule has 0 saturated heterocycles. The van der Waals surface area contributed by atoms with E-state index in [1.54, 1.807) is 18.2 Å². The van der Waals surface area contributed by atoms with Crippen LogP contribution in [-0.4, -0.2) is 28.1 Å². The molecule has 1 N–H and O–H groups in total. The number of nitrogens with zero attached hydrogens (tertiary/aromatic N) is 2. The molecule has 0 amide bonds. The van der Waals surface area contributed by atoms with Crippen molar-refractivity contribution in [3.05, 3.63) is 60.2 Å². The normalized spacial score (nSPS) is 22.7. The molecule has 0 bridgehead atoms. The Morgan fingerprint density at radius 2 is 1.97 bits per heavy atom. The second-order valence-electron chi connectivity index (χ2n) is 9.05. The SMILES string of the molecule is CC1(C)CCC[C@@H]2N=C(c3cccc(Oc4ccc5cccc(O)c5n4)c3)O[C@H]2C1. The van der Waals surface area contributed by atoms with Crippen LogP contribution in [0.4, 0.5) is 0 Å². The molecule has 1 aromatic heterocycles. The van der Waals surface area contributed by atoms with Gasteiger partial charge in [0.2, 0.25) is 11.8 Å². The summed E-state index contributed by atoms with van der Waals surface area (Å²) < 4.78 is 12.3. The van der Waals surface area contributed by atoms with Crippen molar-refractivity contribution >= 4 is 16.8 Å². The Kier molecular flexibility index (Phi) is 4.61. The number of fused-ring (bicyclic) bond motifs is 2. The molecular formula is C25H26N2O3. The van der Waals surface area contributed by atoms with Gasteiger partial charge in [-0.2, -0.15) is 0 Å². The van der Waals surface area contributed by atoms with Gasteiger partial charge in [0, 0.05) is 17.0 Å². The summed E-state index contributed by atoms with van der Waals surface area (Å²) >= 11 is 0. The molecule has 2 aromatic carbocycles. The molecule has 5 heteroatoms. The standard InChI is InChI=1S/C25H26N2O3/c1-25(2)13-5-9-19-21(15-25)30-24(26-19)17-7-3-8-18(14-17)29-22-12-11-16-6-4-10-20(28)23(16)27-22/h3-4,6-8,10-12,14,19,21,28H,5,9,13,15H2,1-2H3/t19-,21-/m0/s1. The fourth-order valence-electron chi connectivity index (χ4n) is 4.48. The zero-order chi connectivity index (χ0) is 20.7. The van der Waals surface area contributed by atoms with Crippen molar-refractivity contribution < 1.29 is 14.6 Å². The molecule has 3 aromatic rings. The van der Waals surface area contributed by atoms with Crippen LogP contribution < -0.4 is 4.74 Å². The van der Waals surface area contributed by atoms with Gasteiger partial charge >= 0.3 is 0 Å². The summed E-state index contributed by atoms with van der Waals surface area (Å²) in [4.78, 5) is 9.35. The molecule has 0 spiro atoms. The minimum atomic E-state index is 0.141. The van der Waals surface area contributed by atoms with Crippen LogP contribution in [0.5, 0.6) is 17.4 Å². The summed E-state index contributed by atoms with van der Waals surface area (Å²) in [5, 5.41) is 10.9. The number of pyridine rings is 1. The van der Waals surface area contributed by atoms with E-state index in [2.05, 4.69) is 18.8 Å². The summed E-state index contributed by atoms with van der Waals surface area (Å²) in [5.41, 5.74) is 1.74. The van der Waals surface area contributed by atoms with Crippen molar-refractivity contribution in [1.29, 1.82) is 0 Å². The first-order valence-electron chi connectivity index (χ1n) is 10.6. The summed E-state index contributed by atoms with van der Waals surface area (Å²) in [6.07, 6.45) is 4.69. The molecule has 1 aliphatic heterocycles. The Hall–Kier alpha value is -3.08. The van der Waals surface area contributed by atoms with Crippen molar-refractivity contribution in [2.45, 2.75) is 51.7 Å². The zero-order valence-corrected chi connectivity index (χ0v) is 17.3. The maximum Gasteiger partial charge on any atom is 0.219 e. The summed E-state index contributed by atoms with van der Waals surface area (Å²) in [5.74, 6) is 1.94. The Morgan fingerprint density at radius 1 is 1.10 bits per heavy atom. The largest absolute Gasteiger partial charge is 0.506 e. The topological polar surface area (TPSA) is 63.9 Å². The van der Waals surface area contributed by atoms with Gasteiger partial charge in [0.05, 0.1) is 6.04 Å². The Labute approximate surface area is 176 Å². The molecular weight excluding hydrogens is 376 g/mol. The molecule has 0 unspecified atom stereocenters. The van der Waals surface area contributed by atoms with Gasteiger partial charge in [-0.3, -0.25) is 0 Å². The van der Waals surface area contributed by atoms with Crippen LogP contribution >= 0.6 is 0 Å². The fourth-order valence-corrected chi connectivity index (χ4v) is 4.48. The highest BCUT2D eigenvalue weighted by Crippen LogP contribution is 2.39. The van der Waals surface area contributed by atoms with E-state index in [1.165, 1.54) is 12.8 Å². The summed E-state index contributed by atoms with van der Waals surface area (Å²) in [7, 11) is 0. The van der Waals surface area contributed by atoms with E-state index in [1.807, 2.05) is 36.4 Å². The third kappa shape index (κ3) is 3.72. The minimum absolute atomic E-state index is 0.141. The first-order valence-corrected chi connectivity index (χ1v) is 10.6. The number of aromatic nitrogens is 1. The van der Waals surface area contributed by atoms with Crippen LogP contribution in [0.25, 0.3) is 10.9 Å². The van der Waals surface area contributed by atoms with Crippen LogP contribution in [-0.2, 0) is 4.74 Å². The number of phenolic OH excluding ortho intramolecular Hbond substituents is 1. The smallest absolute Gasteiger partial charge is 0.219 e. The average molecular weight is 402 g/mol. The number of aromatic hydroxyl groups is 1. The highest BCUT2D eigenvalue weighted by atomic mass is 16.5. The van der Waals surface area contributed by atoms with Crippen molar-refractivity contribution in [1.82, 2.24) is 4.98 Å². The number of hydrogen-bond donors (Lipinski definition) is 1. The van der Waals surface area contributed by atoms with Crippen LogP contribution in [0.1, 0.15) is 45.1 Å². The molecule has 1 saturated carbocycles. The van der Waals surface area contributed by atoms with Crippen LogP contribution in [0.15, 0.2) is 59.6 Å². The molecule has 5 rings (SSSR count). The lowest BCUT2D eigenvalue weighted by Crippen LogP contribution is -2.26. The second-order valence-corrected chi connectivity index (χ2v) is 9.05. The van der Waals surface area contributed by atoms with Gasteiger partial charge in [0.25, 0.3) is 0 Å². The van der Waals surface area contributed by atoms with Crippen LogP contribution in [0.3, 0.4) is 0 Å². The second kappa shape index (κ2) is 7.31. The predicted molar refractivity (Wildman–Crippen MR) is 117 cm³/mol. The van der Waals surface area contributed by atoms with Gasteiger partial charge in [-0.25, -0.2) is 9.98 Å². The molecule has 2 atom stereocenters. The molecule has 154 valence electrons. The third-order valence-corrected chi connectivity index (χ3v) is 6.06. The lowest BCUT2D eigenvalue weighted by Gasteiger charge is -2.25. The quantitative estimate of drug-likeness (QED) is 0.597. The highest BCUT2D eigenvalue weighted by Gasteiger charge is 2.38. The predicted octanol–water partition coefficient (Wildman–Crippen LogP) is 5.85. The molecule has 1 aliphatic carbocycles. The first-order chi connectivity index (χ1) is 14.5. The molecule has 30 heavy (non-hydrogen) atoms. The van der Waals surface area contributed by atoms with Gasteiger partial charge in [-0.1, -0.05) is 38.5 Å². The number of phenols is 1. The van der Waals surface area contributed by atoms with Gasteiger partial charge in [-0.05, 0) is 55.0 Å². The number of para-hydroxylation sites is 1.